The predicted molar refractivity (Wildman–Crippen MR) is 204 cm³/mol. The molecule has 50 heavy (non-hydrogen) atoms. The van der Waals surface area contributed by atoms with E-state index in [2.05, 4.69) is 56.6 Å². The van der Waals surface area contributed by atoms with Gasteiger partial charge in [0.15, 0.2) is 0 Å². The molecule has 0 aliphatic rings. The number of nitrogens with zero attached hydrogens (tertiary/aromatic N) is 3. The summed E-state index contributed by atoms with van der Waals surface area (Å²) >= 11 is 1.18. The maximum Gasteiger partial charge on any atom is 0.488 e. The third kappa shape index (κ3) is 7.28. The fraction of sp³-hybridized carbons (Fsp3) is 0.150. The second-order valence-corrected chi connectivity index (χ2v) is 12.8. The van der Waals surface area contributed by atoms with Crippen molar-refractivity contribution >= 4 is 58.5 Å². The van der Waals surface area contributed by atoms with Crippen molar-refractivity contribution in [2.75, 3.05) is 19.1 Å². The van der Waals surface area contributed by atoms with E-state index >= 15 is 0 Å². The maximum absolute atomic E-state index is 9.44. The smallest absolute Gasteiger partial charge is 0.488 e. The molecule has 0 unspecified atom stereocenters. The van der Waals surface area contributed by atoms with Crippen LogP contribution >= 0.6 is 11.7 Å². The van der Waals surface area contributed by atoms with Crippen molar-refractivity contribution in [3.8, 4) is 22.6 Å². The van der Waals surface area contributed by atoms with Crippen molar-refractivity contribution in [3.05, 3.63) is 138 Å². The molecule has 8 nitrogen and oxygen atoms in total. The molecule has 0 amide bonds. The first-order valence-electron chi connectivity index (χ1n) is 16.0. The van der Waals surface area contributed by atoms with Crippen molar-refractivity contribution in [1.82, 2.24) is 8.75 Å². The lowest BCUT2D eigenvalue weighted by Crippen LogP contribution is -2.30. The number of anilines is 3. The van der Waals surface area contributed by atoms with Crippen LogP contribution in [0, 0.1) is 0 Å². The molecule has 5 aromatic carbocycles. The lowest BCUT2D eigenvalue weighted by Gasteiger charge is -2.28. The molecule has 0 aliphatic heterocycles. The van der Waals surface area contributed by atoms with Crippen LogP contribution in [0.25, 0.3) is 28.2 Å². The fourth-order valence-electron chi connectivity index (χ4n) is 5.75. The van der Waals surface area contributed by atoms with E-state index in [1.807, 2.05) is 87.5 Å². The van der Waals surface area contributed by atoms with Crippen LogP contribution in [0.5, 0.6) is 11.5 Å². The summed E-state index contributed by atoms with van der Waals surface area (Å²) in [7, 11) is 1.81. The van der Waals surface area contributed by atoms with E-state index in [9.17, 15) is 10.0 Å². The van der Waals surface area contributed by atoms with Gasteiger partial charge in [0, 0.05) is 28.2 Å². The van der Waals surface area contributed by atoms with E-state index in [1.54, 1.807) is 26.4 Å². The van der Waals surface area contributed by atoms with E-state index in [1.165, 1.54) is 11.7 Å². The Morgan fingerprint density at radius 3 is 1.78 bits per heavy atom. The van der Waals surface area contributed by atoms with Gasteiger partial charge in [-0.25, -0.2) is 0 Å². The minimum Gasteiger partial charge on any atom is -0.497 e. The Labute approximate surface area is 297 Å². The van der Waals surface area contributed by atoms with Crippen LogP contribution in [0.3, 0.4) is 0 Å². The highest BCUT2D eigenvalue weighted by atomic mass is 32.1. The van der Waals surface area contributed by atoms with Gasteiger partial charge < -0.3 is 29.2 Å². The lowest BCUT2D eigenvalue weighted by molar-refractivity contribution is 0.0377. The first-order valence-corrected chi connectivity index (χ1v) is 16.8. The zero-order valence-electron chi connectivity index (χ0n) is 28.6. The van der Waals surface area contributed by atoms with E-state index < -0.39 is 12.7 Å². The van der Waals surface area contributed by atoms with Gasteiger partial charge in [-0.2, -0.15) is 8.75 Å². The van der Waals surface area contributed by atoms with Crippen LogP contribution in [0.4, 0.5) is 17.1 Å². The molecule has 10 heteroatoms. The molecule has 252 valence electrons. The number of allylic oxidation sites excluding steroid dienone is 1. The lowest BCUT2D eigenvalue weighted by atomic mass is 9.79. The Hall–Kier alpha value is -5.42. The molecule has 0 saturated carbocycles. The first-order chi connectivity index (χ1) is 24.1. The number of ether oxygens (including phenoxy) is 3. The molecule has 0 bridgehead atoms. The topological polar surface area (TPSA) is 97.2 Å². The summed E-state index contributed by atoms with van der Waals surface area (Å²) < 4.78 is 26.5. The van der Waals surface area contributed by atoms with Crippen molar-refractivity contribution in [3.63, 3.8) is 0 Å². The second-order valence-electron chi connectivity index (χ2n) is 12.3. The number of methoxy groups -OCH3 is 2. The van der Waals surface area contributed by atoms with Gasteiger partial charge in [0.25, 0.3) is 0 Å². The number of aromatic nitrogens is 2. The van der Waals surface area contributed by atoms with Gasteiger partial charge in [0.05, 0.1) is 25.9 Å². The van der Waals surface area contributed by atoms with Gasteiger partial charge in [0.2, 0.25) is 0 Å². The van der Waals surface area contributed by atoms with Gasteiger partial charge in [-0.15, -0.1) is 0 Å². The van der Waals surface area contributed by atoms with Gasteiger partial charge in [-0.3, -0.25) is 0 Å². The van der Waals surface area contributed by atoms with E-state index in [4.69, 9.17) is 14.2 Å². The van der Waals surface area contributed by atoms with Crippen molar-refractivity contribution in [1.29, 1.82) is 0 Å². The Kier molecular flexibility index (Phi) is 10.1. The van der Waals surface area contributed by atoms with Crippen LogP contribution in [0.15, 0.2) is 127 Å². The minimum absolute atomic E-state index is 0.420. The van der Waals surface area contributed by atoms with Gasteiger partial charge in [-0.1, -0.05) is 55.1 Å². The zero-order valence-corrected chi connectivity index (χ0v) is 29.4. The summed E-state index contributed by atoms with van der Waals surface area (Å²) in [5.41, 5.74) is 9.00. The molecule has 0 saturated heterocycles. The highest BCUT2D eigenvalue weighted by Crippen LogP contribution is 2.38. The average molecular weight is 684 g/mol. The molecule has 1 heterocycles. The summed E-state index contributed by atoms with van der Waals surface area (Å²) in [6, 6.07) is 35.5. The van der Waals surface area contributed by atoms with Crippen molar-refractivity contribution in [2.45, 2.75) is 26.4 Å². The number of rotatable bonds is 12. The second kappa shape index (κ2) is 14.6. The molecule has 6 rings (SSSR count). The zero-order chi connectivity index (χ0) is 35.4. The summed E-state index contributed by atoms with van der Waals surface area (Å²) in [5, 5.41) is 18.9. The van der Waals surface area contributed by atoms with Crippen LogP contribution in [-0.2, 0) is 10.3 Å². The van der Waals surface area contributed by atoms with Gasteiger partial charge in [-0.05, 0) is 110 Å². The molecule has 0 radical (unpaired) electrons. The van der Waals surface area contributed by atoms with Crippen LogP contribution in [0.2, 0.25) is 0 Å². The first kappa shape index (κ1) is 34.4. The Bertz CT molecular complexity index is 2080. The van der Waals surface area contributed by atoms with Crippen LogP contribution in [-0.4, -0.2) is 40.1 Å². The fourth-order valence-corrected chi connectivity index (χ4v) is 6.33. The third-order valence-electron chi connectivity index (χ3n) is 8.64. The van der Waals surface area contributed by atoms with Crippen molar-refractivity contribution in [2.24, 2.45) is 0 Å². The van der Waals surface area contributed by atoms with Gasteiger partial charge >= 0.3 is 7.12 Å². The summed E-state index contributed by atoms with van der Waals surface area (Å²) in [5.74, 6) is 2.11. The van der Waals surface area contributed by atoms with Crippen molar-refractivity contribution < 1.29 is 24.3 Å². The highest BCUT2D eigenvalue weighted by Gasteiger charge is 2.25. The molecule has 1 aromatic heterocycles. The predicted octanol–water partition coefficient (Wildman–Crippen LogP) is 8.39. The SMILES string of the molecule is C=C(OC(C)(C)c1ccc(B(O)O)cc1)C(C)=Cc1ccc(-c2ccc(N(c3ccc(OC)cc3)c3ccc(OC)cc3)cc2)c2nsnc12. The Morgan fingerprint density at radius 1 is 0.740 bits per heavy atom. The summed E-state index contributed by atoms with van der Waals surface area (Å²) in [6.45, 7) is 10.1. The standard InChI is InChI=1S/C40H38BN3O5S/c1-26(27(2)49-40(3,4)30-10-12-31(13-11-30)41(45)46)25-29-9-24-37(39-38(29)42-50-43-39)28-7-14-32(15-8-28)44(33-16-20-35(47-5)21-17-33)34-18-22-36(48-6)23-19-34/h7-25,45-46H,2H2,1,3-6H3. The highest BCUT2D eigenvalue weighted by molar-refractivity contribution is 7.00. The normalized spacial score (nSPS) is 11.7. The van der Waals surface area contributed by atoms with E-state index in [-0.39, 0.29) is 0 Å². The molecule has 0 atom stereocenters. The molecular formula is C40H38BN3O5S. The number of benzene rings is 5. The molecule has 0 fully saturated rings. The third-order valence-corrected chi connectivity index (χ3v) is 9.17. The van der Waals surface area contributed by atoms with Crippen LogP contribution < -0.4 is 19.8 Å². The van der Waals surface area contributed by atoms with Gasteiger partial charge in [0.1, 0.15) is 33.9 Å². The number of hydrogen-bond donors (Lipinski definition) is 2. The van der Waals surface area contributed by atoms with E-state index in [0.717, 1.165) is 67.4 Å². The molecular weight excluding hydrogens is 645 g/mol. The molecule has 0 spiro atoms. The Balaban J connectivity index is 1.26. The maximum atomic E-state index is 9.44. The van der Waals surface area contributed by atoms with Crippen LogP contribution in [0.1, 0.15) is 31.9 Å². The average Bonchev–Trinajstić information content (AvgIpc) is 3.63. The molecule has 0 aliphatic carbocycles. The molecule has 6 aromatic rings. The quantitative estimate of drug-likeness (QED) is 0.0755. The summed E-state index contributed by atoms with van der Waals surface area (Å²) in [6.07, 6.45) is 2.02. The minimum atomic E-state index is -1.52. The Morgan fingerprint density at radius 2 is 1.26 bits per heavy atom. The largest absolute Gasteiger partial charge is 0.497 e. The number of fused-ring (bicyclic) bond motifs is 1. The summed E-state index contributed by atoms with van der Waals surface area (Å²) in [4.78, 5) is 2.18. The monoisotopic (exact) mass is 683 g/mol. The number of hydrogen-bond acceptors (Lipinski definition) is 9. The van der Waals surface area contributed by atoms with E-state index in [0.29, 0.717) is 11.2 Å². The molecule has 2 N–H and O–H groups in total.